The number of H-pyrrole nitrogens is 1. The zero-order valence-corrected chi connectivity index (χ0v) is 19.9. The molecule has 38 heavy (non-hydrogen) atoms. The fourth-order valence-corrected chi connectivity index (χ4v) is 4.64. The topological polar surface area (TPSA) is 76.0 Å². The Bertz CT molecular complexity index is 1640. The van der Waals surface area contributed by atoms with E-state index in [4.69, 9.17) is 4.74 Å². The van der Waals surface area contributed by atoms with Crippen LogP contribution in [0.3, 0.4) is 0 Å². The SMILES string of the molecule is O=c1c2c(nc(OC3C=CC(F)=CC3)n1-c1ccccc1)CCN(c1nc3ccc(C(F)(F)F)cc3[nH]1)C2. The number of fused-ring (bicyclic) bond motifs is 2. The van der Waals surface area contributed by atoms with Gasteiger partial charge < -0.3 is 14.6 Å². The van der Waals surface area contributed by atoms with E-state index in [1.807, 2.05) is 11.0 Å². The summed E-state index contributed by atoms with van der Waals surface area (Å²) in [6.45, 7) is 0.606. The molecule has 4 aromatic rings. The second kappa shape index (κ2) is 9.16. The van der Waals surface area contributed by atoms with E-state index in [1.54, 1.807) is 30.3 Å². The number of allylic oxidation sites excluding steroid dienone is 2. The standard InChI is InChI=1S/C27H21F4N5O2/c28-17-7-9-19(10-8-17)38-26-34-21-12-13-35(15-20(21)24(37)36(26)18-4-2-1-3-5-18)25-32-22-11-6-16(27(29,30)31)14-23(22)33-25/h1-9,11,14,19H,10,12-13,15H2,(H,32,33). The number of anilines is 1. The van der Waals surface area contributed by atoms with Crippen LogP contribution in [0.5, 0.6) is 6.01 Å². The summed E-state index contributed by atoms with van der Waals surface area (Å²) < 4.78 is 60.3. The molecule has 11 heteroatoms. The third kappa shape index (κ3) is 4.44. The predicted molar refractivity (Wildman–Crippen MR) is 133 cm³/mol. The van der Waals surface area contributed by atoms with Crippen molar-refractivity contribution >= 4 is 17.0 Å². The lowest BCUT2D eigenvalue weighted by Gasteiger charge is -2.29. The summed E-state index contributed by atoms with van der Waals surface area (Å²) in [5.74, 6) is 0.0288. The summed E-state index contributed by atoms with van der Waals surface area (Å²) in [5, 5.41) is 0. The predicted octanol–water partition coefficient (Wildman–Crippen LogP) is 5.25. The van der Waals surface area contributed by atoms with E-state index in [9.17, 15) is 22.4 Å². The summed E-state index contributed by atoms with van der Waals surface area (Å²) in [4.78, 5) is 27.7. The molecule has 0 amide bonds. The number of para-hydroxylation sites is 1. The van der Waals surface area contributed by atoms with Crippen molar-refractivity contribution in [1.82, 2.24) is 19.5 Å². The monoisotopic (exact) mass is 523 g/mol. The molecule has 0 saturated carbocycles. The molecular formula is C27H21F4N5O2. The van der Waals surface area contributed by atoms with Crippen LogP contribution in [-0.4, -0.2) is 32.2 Å². The Morgan fingerprint density at radius 1 is 1.08 bits per heavy atom. The molecule has 1 unspecified atom stereocenters. The first-order valence-electron chi connectivity index (χ1n) is 12.0. The number of hydrogen-bond donors (Lipinski definition) is 1. The summed E-state index contributed by atoms with van der Waals surface area (Å²) >= 11 is 0. The minimum absolute atomic E-state index is 0.113. The van der Waals surface area contributed by atoms with Crippen molar-refractivity contribution in [2.24, 2.45) is 0 Å². The third-order valence-electron chi connectivity index (χ3n) is 6.58. The van der Waals surface area contributed by atoms with Gasteiger partial charge >= 0.3 is 12.2 Å². The molecule has 2 aromatic heterocycles. The number of nitrogens with zero attached hydrogens (tertiary/aromatic N) is 4. The van der Waals surface area contributed by atoms with Crippen molar-refractivity contribution in [2.45, 2.75) is 31.7 Å². The average molecular weight is 523 g/mol. The van der Waals surface area contributed by atoms with E-state index in [1.165, 1.54) is 22.8 Å². The molecule has 0 bridgehead atoms. The first kappa shape index (κ1) is 24.0. The van der Waals surface area contributed by atoms with Gasteiger partial charge in [0.25, 0.3) is 5.56 Å². The molecule has 1 N–H and O–H groups in total. The highest BCUT2D eigenvalue weighted by molar-refractivity contribution is 5.78. The summed E-state index contributed by atoms with van der Waals surface area (Å²) in [6.07, 6.45) is 0.0824. The Morgan fingerprint density at radius 2 is 1.89 bits per heavy atom. The largest absolute Gasteiger partial charge is 0.456 e. The zero-order chi connectivity index (χ0) is 26.4. The number of imidazole rings is 1. The van der Waals surface area contributed by atoms with Crippen molar-refractivity contribution in [3.8, 4) is 11.7 Å². The summed E-state index contributed by atoms with van der Waals surface area (Å²) in [7, 11) is 0. The van der Waals surface area contributed by atoms with E-state index in [2.05, 4.69) is 15.0 Å². The lowest BCUT2D eigenvalue weighted by molar-refractivity contribution is -0.137. The number of nitrogens with one attached hydrogen (secondary N) is 1. The molecule has 3 heterocycles. The van der Waals surface area contributed by atoms with Crippen molar-refractivity contribution in [3.05, 3.63) is 99.8 Å². The molecule has 194 valence electrons. The molecule has 0 radical (unpaired) electrons. The minimum atomic E-state index is -4.46. The van der Waals surface area contributed by atoms with Crippen LogP contribution in [0.2, 0.25) is 0 Å². The van der Waals surface area contributed by atoms with Gasteiger partial charge in [-0.2, -0.15) is 13.2 Å². The second-order valence-electron chi connectivity index (χ2n) is 9.10. The van der Waals surface area contributed by atoms with Gasteiger partial charge in [-0.3, -0.25) is 4.79 Å². The van der Waals surface area contributed by atoms with Gasteiger partial charge in [-0.1, -0.05) is 18.2 Å². The van der Waals surface area contributed by atoms with Gasteiger partial charge in [0.05, 0.1) is 40.1 Å². The van der Waals surface area contributed by atoms with Crippen LogP contribution in [0.25, 0.3) is 16.7 Å². The highest BCUT2D eigenvalue weighted by atomic mass is 19.4. The van der Waals surface area contributed by atoms with Crippen molar-refractivity contribution in [1.29, 1.82) is 0 Å². The Morgan fingerprint density at radius 3 is 2.63 bits per heavy atom. The molecule has 0 fully saturated rings. The Kier molecular flexibility index (Phi) is 5.77. The molecule has 2 aliphatic rings. The fourth-order valence-electron chi connectivity index (χ4n) is 4.64. The number of ether oxygens (including phenoxy) is 1. The Labute approximate surface area is 213 Å². The maximum atomic E-state index is 13.8. The first-order chi connectivity index (χ1) is 18.3. The lowest BCUT2D eigenvalue weighted by atomic mass is 10.1. The van der Waals surface area contributed by atoms with E-state index in [-0.39, 0.29) is 29.5 Å². The molecule has 1 aliphatic heterocycles. The van der Waals surface area contributed by atoms with Gasteiger partial charge in [-0.15, -0.1) is 0 Å². The summed E-state index contributed by atoms with van der Waals surface area (Å²) in [6, 6.07) is 12.4. The third-order valence-corrected chi connectivity index (χ3v) is 6.58. The van der Waals surface area contributed by atoms with Crippen LogP contribution in [-0.2, 0) is 19.1 Å². The summed E-state index contributed by atoms with van der Waals surface area (Å²) in [5.41, 5.74) is 1.14. The van der Waals surface area contributed by atoms with Crippen LogP contribution < -0.4 is 15.2 Å². The number of alkyl halides is 3. The molecular weight excluding hydrogens is 502 g/mol. The Balaban J connectivity index is 1.36. The number of rotatable bonds is 4. The molecule has 0 spiro atoms. The van der Waals surface area contributed by atoms with Gasteiger partial charge in [-0.05, 0) is 48.6 Å². The van der Waals surface area contributed by atoms with Crippen LogP contribution in [0.1, 0.15) is 23.2 Å². The van der Waals surface area contributed by atoms with E-state index in [0.29, 0.717) is 47.8 Å². The lowest BCUT2D eigenvalue weighted by Crippen LogP contribution is -2.39. The second-order valence-corrected chi connectivity index (χ2v) is 9.10. The number of benzene rings is 2. The molecule has 2 aromatic carbocycles. The molecule has 6 rings (SSSR count). The van der Waals surface area contributed by atoms with Crippen LogP contribution in [0, 0.1) is 0 Å². The molecule has 0 saturated heterocycles. The van der Waals surface area contributed by atoms with Gasteiger partial charge in [-0.25, -0.2) is 18.9 Å². The molecule has 7 nitrogen and oxygen atoms in total. The number of aromatic amines is 1. The average Bonchev–Trinajstić information content (AvgIpc) is 3.34. The van der Waals surface area contributed by atoms with E-state index < -0.39 is 17.8 Å². The van der Waals surface area contributed by atoms with Gasteiger partial charge in [0.2, 0.25) is 5.95 Å². The smallest absolute Gasteiger partial charge is 0.416 e. The van der Waals surface area contributed by atoms with Gasteiger partial charge in [0, 0.05) is 19.4 Å². The number of aromatic nitrogens is 4. The maximum Gasteiger partial charge on any atom is 0.416 e. The number of halogens is 4. The van der Waals surface area contributed by atoms with Crippen LogP contribution in [0.15, 0.2) is 77.4 Å². The van der Waals surface area contributed by atoms with E-state index >= 15 is 0 Å². The first-order valence-corrected chi connectivity index (χ1v) is 12.0. The van der Waals surface area contributed by atoms with Gasteiger partial charge in [0.15, 0.2) is 0 Å². The highest BCUT2D eigenvalue weighted by Crippen LogP contribution is 2.32. The number of hydrogen-bond acceptors (Lipinski definition) is 5. The Hall–Kier alpha value is -4.41. The van der Waals surface area contributed by atoms with Crippen LogP contribution in [0.4, 0.5) is 23.5 Å². The van der Waals surface area contributed by atoms with Crippen molar-refractivity contribution < 1.29 is 22.3 Å². The van der Waals surface area contributed by atoms with Crippen LogP contribution >= 0.6 is 0 Å². The minimum Gasteiger partial charge on any atom is -0.456 e. The molecule has 1 atom stereocenters. The van der Waals surface area contributed by atoms with Crippen molar-refractivity contribution in [2.75, 3.05) is 11.4 Å². The molecule has 1 aliphatic carbocycles. The van der Waals surface area contributed by atoms with Gasteiger partial charge in [0.1, 0.15) is 11.9 Å². The quantitative estimate of drug-likeness (QED) is 0.370. The zero-order valence-electron chi connectivity index (χ0n) is 19.9. The normalized spacial score (nSPS) is 17.4. The van der Waals surface area contributed by atoms with Crippen molar-refractivity contribution in [3.63, 3.8) is 0 Å². The van der Waals surface area contributed by atoms with E-state index in [0.717, 1.165) is 12.1 Å². The highest BCUT2D eigenvalue weighted by Gasteiger charge is 2.31. The fraction of sp³-hybridized carbons (Fsp3) is 0.222. The maximum absolute atomic E-state index is 13.8.